The van der Waals surface area contributed by atoms with E-state index >= 15 is 0 Å². The first-order chi connectivity index (χ1) is 7.65. The molecule has 0 aliphatic carbocycles. The molecule has 0 aliphatic heterocycles. The molecule has 0 aliphatic rings. The topological polar surface area (TPSA) is 26.3 Å². The third-order valence-electron chi connectivity index (χ3n) is 2.65. The van der Waals surface area contributed by atoms with Gasteiger partial charge in [-0.25, -0.2) is 0 Å². The van der Waals surface area contributed by atoms with Crippen LogP contribution in [0.15, 0.2) is 18.2 Å². The van der Waals surface area contributed by atoms with E-state index in [-0.39, 0.29) is 5.78 Å². The van der Waals surface area contributed by atoms with Crippen molar-refractivity contribution in [1.29, 1.82) is 0 Å². The molecule has 0 aromatic heterocycles. The lowest BCUT2D eigenvalue weighted by atomic mass is 10.0. The zero-order valence-electron chi connectivity index (χ0n) is 10.4. The third kappa shape index (κ3) is 3.78. The Hall–Kier alpha value is -1.15. The highest BCUT2D eigenvalue weighted by atomic mass is 16.5. The van der Waals surface area contributed by atoms with Gasteiger partial charge in [0.05, 0.1) is 6.61 Å². The van der Waals surface area contributed by atoms with Crippen LogP contribution >= 0.6 is 0 Å². The van der Waals surface area contributed by atoms with Crippen LogP contribution in [-0.4, -0.2) is 19.0 Å². The summed E-state index contributed by atoms with van der Waals surface area (Å²) in [5.41, 5.74) is 3.18. The number of hydrogen-bond acceptors (Lipinski definition) is 2. The molecule has 1 rings (SSSR count). The third-order valence-corrected chi connectivity index (χ3v) is 2.65. The molecule has 88 valence electrons. The number of ketones is 1. The highest BCUT2D eigenvalue weighted by Crippen LogP contribution is 2.11. The molecule has 16 heavy (non-hydrogen) atoms. The van der Waals surface area contributed by atoms with E-state index in [9.17, 15) is 4.79 Å². The van der Waals surface area contributed by atoms with Gasteiger partial charge in [-0.15, -0.1) is 0 Å². The fraction of sp³-hybridized carbons (Fsp3) is 0.500. The lowest BCUT2D eigenvalue weighted by molar-refractivity contribution is 0.0879. The average molecular weight is 220 g/mol. The first-order valence-electron chi connectivity index (χ1n) is 5.83. The summed E-state index contributed by atoms with van der Waals surface area (Å²) >= 11 is 0. The number of benzene rings is 1. The summed E-state index contributed by atoms with van der Waals surface area (Å²) in [6, 6.07) is 5.84. The van der Waals surface area contributed by atoms with E-state index in [2.05, 4.69) is 6.92 Å². The molecule has 0 radical (unpaired) electrons. The van der Waals surface area contributed by atoms with Gasteiger partial charge in [-0.05, 0) is 37.5 Å². The Balaban J connectivity index is 2.50. The molecular weight excluding hydrogens is 200 g/mol. The van der Waals surface area contributed by atoms with E-state index in [1.165, 1.54) is 11.1 Å². The number of carbonyl (C=O) groups is 1. The lowest BCUT2D eigenvalue weighted by Gasteiger charge is -2.05. The molecule has 0 saturated carbocycles. The minimum atomic E-state index is 0.166. The SMILES string of the molecule is CCCOCCC(=O)c1ccc(C)c(C)c1. The molecule has 0 amide bonds. The zero-order chi connectivity index (χ0) is 12.0. The van der Waals surface area contributed by atoms with Gasteiger partial charge in [0.2, 0.25) is 0 Å². The summed E-state index contributed by atoms with van der Waals surface area (Å²) in [7, 11) is 0. The van der Waals surface area contributed by atoms with E-state index in [0.717, 1.165) is 18.6 Å². The average Bonchev–Trinajstić information content (AvgIpc) is 2.28. The van der Waals surface area contributed by atoms with E-state index in [1.54, 1.807) is 0 Å². The summed E-state index contributed by atoms with van der Waals surface area (Å²) < 4.78 is 5.31. The van der Waals surface area contributed by atoms with Crippen molar-refractivity contribution in [3.8, 4) is 0 Å². The molecule has 0 heterocycles. The molecule has 0 unspecified atom stereocenters. The lowest BCUT2D eigenvalue weighted by Crippen LogP contribution is -2.05. The number of rotatable bonds is 6. The van der Waals surface area contributed by atoms with Gasteiger partial charge in [-0.2, -0.15) is 0 Å². The van der Waals surface area contributed by atoms with Crippen LogP contribution in [0.25, 0.3) is 0 Å². The first kappa shape index (κ1) is 12.9. The second-order valence-electron chi connectivity index (χ2n) is 4.08. The monoisotopic (exact) mass is 220 g/mol. The molecule has 0 N–H and O–H groups in total. The largest absolute Gasteiger partial charge is 0.381 e. The van der Waals surface area contributed by atoms with E-state index in [4.69, 9.17) is 4.74 Å². The van der Waals surface area contributed by atoms with Crippen molar-refractivity contribution < 1.29 is 9.53 Å². The highest BCUT2D eigenvalue weighted by molar-refractivity contribution is 5.96. The molecule has 0 saturated heterocycles. The highest BCUT2D eigenvalue weighted by Gasteiger charge is 2.06. The molecular formula is C14H20O2. The zero-order valence-corrected chi connectivity index (χ0v) is 10.4. The predicted molar refractivity (Wildman–Crippen MR) is 66.0 cm³/mol. The molecule has 0 atom stereocenters. The van der Waals surface area contributed by atoms with Gasteiger partial charge in [-0.3, -0.25) is 4.79 Å². The minimum absolute atomic E-state index is 0.166. The van der Waals surface area contributed by atoms with Gasteiger partial charge < -0.3 is 4.74 Å². The number of aryl methyl sites for hydroxylation is 2. The van der Waals surface area contributed by atoms with E-state index in [0.29, 0.717) is 13.0 Å². The van der Waals surface area contributed by atoms with Gasteiger partial charge >= 0.3 is 0 Å². The Morgan fingerprint density at radius 2 is 1.94 bits per heavy atom. The second kappa shape index (κ2) is 6.44. The van der Waals surface area contributed by atoms with Crippen molar-refractivity contribution in [2.24, 2.45) is 0 Å². The van der Waals surface area contributed by atoms with Gasteiger partial charge in [0.25, 0.3) is 0 Å². The number of Topliss-reactive ketones (excluding diaryl/α,β-unsaturated/α-hetero) is 1. The van der Waals surface area contributed by atoms with E-state index < -0.39 is 0 Å². The molecule has 1 aromatic rings. The van der Waals surface area contributed by atoms with Crippen molar-refractivity contribution in [3.05, 3.63) is 34.9 Å². The van der Waals surface area contributed by atoms with Crippen LogP contribution in [0.1, 0.15) is 41.3 Å². The summed E-state index contributed by atoms with van der Waals surface area (Å²) in [6.07, 6.45) is 1.47. The molecule has 2 nitrogen and oxygen atoms in total. The maximum atomic E-state index is 11.8. The maximum Gasteiger partial charge on any atom is 0.165 e. The van der Waals surface area contributed by atoms with Crippen LogP contribution in [0.2, 0.25) is 0 Å². The summed E-state index contributed by atoms with van der Waals surface area (Å²) in [5, 5.41) is 0. The summed E-state index contributed by atoms with van der Waals surface area (Å²) in [4.78, 5) is 11.8. The predicted octanol–water partition coefficient (Wildman–Crippen LogP) is 3.30. The van der Waals surface area contributed by atoms with Crippen LogP contribution in [0.4, 0.5) is 0 Å². The van der Waals surface area contributed by atoms with Crippen molar-refractivity contribution >= 4 is 5.78 Å². The number of ether oxygens (including phenoxy) is 1. The van der Waals surface area contributed by atoms with Crippen LogP contribution in [-0.2, 0) is 4.74 Å². The first-order valence-corrected chi connectivity index (χ1v) is 5.83. The van der Waals surface area contributed by atoms with Crippen LogP contribution < -0.4 is 0 Å². The van der Waals surface area contributed by atoms with Crippen LogP contribution in [0.3, 0.4) is 0 Å². The summed E-state index contributed by atoms with van der Waals surface area (Å²) in [5.74, 6) is 0.166. The fourth-order valence-corrected chi connectivity index (χ4v) is 1.47. The molecule has 2 heteroatoms. The van der Waals surface area contributed by atoms with Gasteiger partial charge in [0, 0.05) is 18.6 Å². The summed E-state index contributed by atoms with van der Waals surface area (Å²) in [6.45, 7) is 7.40. The van der Waals surface area contributed by atoms with Crippen molar-refractivity contribution in [1.82, 2.24) is 0 Å². The van der Waals surface area contributed by atoms with Crippen LogP contribution in [0.5, 0.6) is 0 Å². The Bertz CT molecular complexity index is 356. The van der Waals surface area contributed by atoms with Gasteiger partial charge in [0.15, 0.2) is 5.78 Å². The second-order valence-corrected chi connectivity index (χ2v) is 4.08. The maximum absolute atomic E-state index is 11.8. The molecule has 1 aromatic carbocycles. The van der Waals surface area contributed by atoms with Gasteiger partial charge in [0.1, 0.15) is 0 Å². The normalized spacial score (nSPS) is 10.4. The van der Waals surface area contributed by atoms with Crippen LogP contribution in [0, 0.1) is 13.8 Å². The van der Waals surface area contributed by atoms with Crippen molar-refractivity contribution in [2.45, 2.75) is 33.6 Å². The fourth-order valence-electron chi connectivity index (χ4n) is 1.47. The van der Waals surface area contributed by atoms with Crippen molar-refractivity contribution in [3.63, 3.8) is 0 Å². The molecule has 0 bridgehead atoms. The Morgan fingerprint density at radius 3 is 2.56 bits per heavy atom. The quantitative estimate of drug-likeness (QED) is 0.543. The molecule has 0 spiro atoms. The number of carbonyl (C=O) groups excluding carboxylic acids is 1. The minimum Gasteiger partial charge on any atom is -0.381 e. The van der Waals surface area contributed by atoms with Gasteiger partial charge in [-0.1, -0.05) is 19.1 Å². The van der Waals surface area contributed by atoms with E-state index in [1.807, 2.05) is 32.0 Å². The van der Waals surface area contributed by atoms with Crippen molar-refractivity contribution in [2.75, 3.05) is 13.2 Å². The standard InChI is InChI=1S/C14H20O2/c1-4-8-16-9-7-14(15)13-6-5-11(2)12(3)10-13/h5-6,10H,4,7-9H2,1-3H3. The Labute approximate surface area is 97.6 Å². The Kier molecular flexibility index (Phi) is 5.20. The molecule has 0 fully saturated rings. The number of hydrogen-bond donors (Lipinski definition) is 0. The Morgan fingerprint density at radius 1 is 1.19 bits per heavy atom. The smallest absolute Gasteiger partial charge is 0.165 e.